The molecule has 2 aromatic heterocycles. The van der Waals surface area contributed by atoms with Gasteiger partial charge in [-0.2, -0.15) is 5.10 Å². The van der Waals surface area contributed by atoms with Gasteiger partial charge >= 0.3 is 0 Å². The fourth-order valence-electron chi connectivity index (χ4n) is 3.53. The SMILES string of the molecule is Cc1c(C(=O)Nc2ccccc2-c2nc3ccccc3[nH]2)cnn1-c1ccccc1. The Hall–Kier alpha value is -4.19. The number of benzene rings is 3. The minimum Gasteiger partial charge on any atom is -0.338 e. The van der Waals surface area contributed by atoms with Crippen molar-refractivity contribution < 1.29 is 4.79 Å². The highest BCUT2D eigenvalue weighted by atomic mass is 16.1. The van der Waals surface area contributed by atoms with Crippen molar-refractivity contribution in [2.75, 3.05) is 5.32 Å². The van der Waals surface area contributed by atoms with Crippen molar-refractivity contribution in [3.8, 4) is 17.1 Å². The summed E-state index contributed by atoms with van der Waals surface area (Å²) in [4.78, 5) is 21.0. The number of carbonyl (C=O) groups excluding carboxylic acids is 1. The number of anilines is 1. The monoisotopic (exact) mass is 393 g/mol. The van der Waals surface area contributed by atoms with Crippen LogP contribution < -0.4 is 5.32 Å². The van der Waals surface area contributed by atoms with Crippen LogP contribution in [0.2, 0.25) is 0 Å². The van der Waals surface area contributed by atoms with E-state index < -0.39 is 0 Å². The summed E-state index contributed by atoms with van der Waals surface area (Å²) in [5.41, 5.74) is 5.57. The molecule has 0 spiro atoms. The summed E-state index contributed by atoms with van der Waals surface area (Å²) < 4.78 is 1.76. The molecule has 5 rings (SSSR count). The second kappa shape index (κ2) is 7.33. The Kier molecular flexibility index (Phi) is 4.37. The molecule has 6 heteroatoms. The summed E-state index contributed by atoms with van der Waals surface area (Å²) in [5.74, 6) is 0.502. The number of imidazole rings is 1. The third kappa shape index (κ3) is 3.14. The van der Waals surface area contributed by atoms with E-state index in [1.807, 2.05) is 85.8 Å². The first-order valence-corrected chi connectivity index (χ1v) is 9.66. The molecule has 0 aliphatic rings. The highest BCUT2D eigenvalue weighted by molar-refractivity contribution is 6.06. The number of nitrogens with one attached hydrogen (secondary N) is 2. The van der Waals surface area contributed by atoms with Crippen molar-refractivity contribution >= 4 is 22.6 Å². The largest absolute Gasteiger partial charge is 0.338 e. The average Bonchev–Trinajstić information content (AvgIpc) is 3.38. The van der Waals surface area contributed by atoms with E-state index in [2.05, 4.69) is 20.4 Å². The minimum absolute atomic E-state index is 0.210. The molecule has 0 saturated carbocycles. The molecule has 1 amide bonds. The highest BCUT2D eigenvalue weighted by Crippen LogP contribution is 2.28. The van der Waals surface area contributed by atoms with Gasteiger partial charge in [0.15, 0.2) is 0 Å². The molecule has 2 N–H and O–H groups in total. The first kappa shape index (κ1) is 17.9. The van der Waals surface area contributed by atoms with Gasteiger partial charge in [0.1, 0.15) is 5.82 Å². The predicted molar refractivity (Wildman–Crippen MR) is 118 cm³/mol. The molecule has 0 unspecified atom stereocenters. The number of fused-ring (bicyclic) bond motifs is 1. The van der Waals surface area contributed by atoms with Crippen molar-refractivity contribution in [1.29, 1.82) is 0 Å². The second-order valence-electron chi connectivity index (χ2n) is 6.99. The summed E-state index contributed by atoms with van der Waals surface area (Å²) in [5, 5.41) is 7.42. The number of hydrogen-bond acceptors (Lipinski definition) is 3. The van der Waals surface area contributed by atoms with Gasteiger partial charge < -0.3 is 10.3 Å². The van der Waals surface area contributed by atoms with Gasteiger partial charge in [-0.1, -0.05) is 42.5 Å². The van der Waals surface area contributed by atoms with Gasteiger partial charge in [-0.15, -0.1) is 0 Å². The Morgan fingerprint density at radius 3 is 2.50 bits per heavy atom. The standard InChI is InChI=1S/C24H19N5O/c1-16-19(15-25-29(16)17-9-3-2-4-10-17)24(30)28-20-12-6-5-11-18(20)23-26-21-13-7-8-14-22(21)27-23/h2-15H,1H3,(H,26,27)(H,28,30). The van der Waals surface area contributed by atoms with Crippen LogP contribution >= 0.6 is 0 Å². The summed E-state index contributed by atoms with van der Waals surface area (Å²) in [7, 11) is 0. The molecule has 0 atom stereocenters. The van der Waals surface area contributed by atoms with E-state index in [-0.39, 0.29) is 5.91 Å². The Labute approximate surface area is 173 Å². The minimum atomic E-state index is -0.210. The molecule has 0 radical (unpaired) electrons. The lowest BCUT2D eigenvalue weighted by molar-refractivity contribution is 0.102. The topological polar surface area (TPSA) is 75.6 Å². The first-order valence-electron chi connectivity index (χ1n) is 9.66. The van der Waals surface area contributed by atoms with E-state index in [9.17, 15) is 4.79 Å². The molecule has 0 bridgehead atoms. The van der Waals surface area contributed by atoms with E-state index >= 15 is 0 Å². The molecule has 6 nitrogen and oxygen atoms in total. The summed E-state index contributed by atoms with van der Waals surface area (Å²) in [6.45, 7) is 1.89. The summed E-state index contributed by atoms with van der Waals surface area (Å²) in [6, 6.07) is 25.2. The molecule has 30 heavy (non-hydrogen) atoms. The maximum atomic E-state index is 13.0. The van der Waals surface area contributed by atoms with Crippen LogP contribution in [0.4, 0.5) is 5.69 Å². The number of amides is 1. The lowest BCUT2D eigenvalue weighted by atomic mass is 10.1. The van der Waals surface area contributed by atoms with E-state index in [1.54, 1.807) is 10.9 Å². The predicted octanol–water partition coefficient (Wildman–Crippen LogP) is 4.98. The van der Waals surface area contributed by atoms with Crippen LogP contribution in [0.1, 0.15) is 16.1 Å². The number of H-pyrrole nitrogens is 1. The normalized spacial score (nSPS) is 11.0. The number of rotatable bonds is 4. The van der Waals surface area contributed by atoms with Crippen LogP contribution in [-0.2, 0) is 0 Å². The molecular formula is C24H19N5O. The van der Waals surface area contributed by atoms with Crippen LogP contribution in [0, 0.1) is 6.92 Å². The molecule has 5 aromatic rings. The van der Waals surface area contributed by atoms with Crippen LogP contribution in [-0.4, -0.2) is 25.7 Å². The lowest BCUT2D eigenvalue weighted by Crippen LogP contribution is -2.14. The molecule has 2 heterocycles. The van der Waals surface area contributed by atoms with Crippen LogP contribution in [0.3, 0.4) is 0 Å². The van der Waals surface area contributed by atoms with Crippen molar-refractivity contribution in [1.82, 2.24) is 19.7 Å². The number of aromatic amines is 1. The van der Waals surface area contributed by atoms with Crippen molar-refractivity contribution in [3.05, 3.63) is 96.3 Å². The van der Waals surface area contributed by atoms with E-state index in [0.717, 1.165) is 28.0 Å². The van der Waals surface area contributed by atoms with Crippen LogP contribution in [0.25, 0.3) is 28.1 Å². The highest BCUT2D eigenvalue weighted by Gasteiger charge is 2.17. The van der Waals surface area contributed by atoms with Crippen molar-refractivity contribution in [2.24, 2.45) is 0 Å². The fourth-order valence-corrected chi connectivity index (χ4v) is 3.53. The number of carbonyl (C=O) groups is 1. The average molecular weight is 393 g/mol. The summed E-state index contributed by atoms with van der Waals surface area (Å²) in [6.07, 6.45) is 1.60. The lowest BCUT2D eigenvalue weighted by Gasteiger charge is -2.10. The van der Waals surface area contributed by atoms with Gasteiger partial charge in [0, 0.05) is 5.56 Å². The molecule has 0 saturated heterocycles. The molecular weight excluding hydrogens is 374 g/mol. The number of aromatic nitrogens is 4. The van der Waals surface area contributed by atoms with E-state index in [1.165, 1.54) is 0 Å². The smallest absolute Gasteiger partial charge is 0.259 e. The number of hydrogen-bond donors (Lipinski definition) is 2. The zero-order valence-corrected chi connectivity index (χ0v) is 16.3. The first-order chi connectivity index (χ1) is 14.7. The zero-order chi connectivity index (χ0) is 20.5. The Balaban J connectivity index is 1.47. The molecule has 146 valence electrons. The third-order valence-electron chi connectivity index (χ3n) is 5.07. The summed E-state index contributed by atoms with van der Waals surface area (Å²) >= 11 is 0. The van der Waals surface area contributed by atoms with Gasteiger partial charge in [0.25, 0.3) is 5.91 Å². The Morgan fingerprint density at radius 2 is 1.67 bits per heavy atom. The van der Waals surface area contributed by atoms with Gasteiger partial charge in [0.2, 0.25) is 0 Å². The second-order valence-corrected chi connectivity index (χ2v) is 6.99. The molecule has 0 aliphatic carbocycles. The Morgan fingerprint density at radius 1 is 0.933 bits per heavy atom. The number of nitrogens with zero attached hydrogens (tertiary/aromatic N) is 3. The zero-order valence-electron chi connectivity index (χ0n) is 16.3. The van der Waals surface area contributed by atoms with Gasteiger partial charge in [-0.3, -0.25) is 4.79 Å². The number of para-hydroxylation sites is 4. The van der Waals surface area contributed by atoms with Crippen LogP contribution in [0.5, 0.6) is 0 Å². The fraction of sp³-hybridized carbons (Fsp3) is 0.0417. The van der Waals surface area contributed by atoms with Gasteiger partial charge in [-0.05, 0) is 43.3 Å². The van der Waals surface area contributed by atoms with Crippen LogP contribution in [0.15, 0.2) is 85.1 Å². The van der Waals surface area contributed by atoms with E-state index in [0.29, 0.717) is 17.1 Å². The Bertz CT molecular complexity index is 1320. The quantitative estimate of drug-likeness (QED) is 0.452. The van der Waals surface area contributed by atoms with Gasteiger partial charge in [0.05, 0.1) is 39.9 Å². The molecule has 0 aliphatic heterocycles. The maximum Gasteiger partial charge on any atom is 0.259 e. The van der Waals surface area contributed by atoms with Crippen molar-refractivity contribution in [3.63, 3.8) is 0 Å². The molecule has 0 fully saturated rings. The van der Waals surface area contributed by atoms with Gasteiger partial charge in [-0.25, -0.2) is 9.67 Å². The van der Waals surface area contributed by atoms with E-state index in [4.69, 9.17) is 0 Å². The third-order valence-corrected chi connectivity index (χ3v) is 5.07. The molecule has 3 aromatic carbocycles. The maximum absolute atomic E-state index is 13.0. The van der Waals surface area contributed by atoms with Crippen molar-refractivity contribution in [2.45, 2.75) is 6.92 Å².